The van der Waals surface area contributed by atoms with Crippen LogP contribution in [0.5, 0.6) is 0 Å². The van der Waals surface area contributed by atoms with Gasteiger partial charge in [-0.1, -0.05) is 29.8 Å². The predicted molar refractivity (Wildman–Crippen MR) is 56.9 cm³/mol. The number of likely N-dealkylation sites (N-methyl/N-ethyl adjacent to an activating group) is 2. The number of hydrogen-bond acceptors (Lipinski definition) is 2. The van der Waals surface area contributed by atoms with Crippen molar-refractivity contribution in [1.82, 2.24) is 10.6 Å². The topological polar surface area (TPSA) is 24.1 Å². The highest BCUT2D eigenvalue weighted by Crippen LogP contribution is 2.12. The molecular formula is C11H18N2. The molecule has 72 valence electrons. The minimum Gasteiger partial charge on any atom is -0.318 e. The highest BCUT2D eigenvalue weighted by atomic mass is 14.9. The van der Waals surface area contributed by atoms with Crippen molar-refractivity contribution in [3.8, 4) is 0 Å². The van der Waals surface area contributed by atoms with Gasteiger partial charge in [0.15, 0.2) is 0 Å². The van der Waals surface area contributed by atoms with Gasteiger partial charge < -0.3 is 10.6 Å². The van der Waals surface area contributed by atoms with Gasteiger partial charge >= 0.3 is 0 Å². The van der Waals surface area contributed by atoms with E-state index in [-0.39, 0.29) is 0 Å². The van der Waals surface area contributed by atoms with Crippen molar-refractivity contribution >= 4 is 0 Å². The van der Waals surface area contributed by atoms with Crippen LogP contribution < -0.4 is 10.6 Å². The Bertz CT molecular complexity index is 258. The maximum atomic E-state index is 3.28. The average Bonchev–Trinajstić information content (AvgIpc) is 2.14. The van der Waals surface area contributed by atoms with E-state index in [2.05, 4.69) is 41.8 Å². The molecule has 13 heavy (non-hydrogen) atoms. The molecule has 1 aromatic rings. The number of rotatable bonds is 4. The second-order valence-electron chi connectivity index (χ2n) is 3.31. The Morgan fingerprint density at radius 2 is 2.08 bits per heavy atom. The molecule has 2 nitrogen and oxygen atoms in total. The lowest BCUT2D eigenvalue weighted by Gasteiger charge is -2.16. The Balaban J connectivity index is 2.78. The number of benzene rings is 1. The molecule has 0 amide bonds. The van der Waals surface area contributed by atoms with Crippen LogP contribution in [-0.2, 0) is 0 Å². The van der Waals surface area contributed by atoms with Crippen molar-refractivity contribution in [3.63, 3.8) is 0 Å². The van der Waals surface area contributed by atoms with Crippen LogP contribution in [0.3, 0.4) is 0 Å². The highest BCUT2D eigenvalue weighted by Gasteiger charge is 2.06. The molecule has 1 atom stereocenters. The molecule has 0 spiro atoms. The molecular weight excluding hydrogens is 160 g/mol. The summed E-state index contributed by atoms with van der Waals surface area (Å²) in [5.41, 5.74) is 2.66. The summed E-state index contributed by atoms with van der Waals surface area (Å²) in [6, 6.07) is 9.01. The van der Waals surface area contributed by atoms with Crippen LogP contribution in [0.1, 0.15) is 17.2 Å². The molecule has 2 heteroatoms. The van der Waals surface area contributed by atoms with Crippen molar-refractivity contribution in [2.75, 3.05) is 20.6 Å². The third-order valence-electron chi connectivity index (χ3n) is 2.20. The van der Waals surface area contributed by atoms with Gasteiger partial charge in [-0.15, -0.1) is 0 Å². The van der Waals surface area contributed by atoms with Crippen LogP contribution in [0, 0.1) is 6.92 Å². The zero-order valence-corrected chi connectivity index (χ0v) is 8.59. The van der Waals surface area contributed by atoms with E-state index in [9.17, 15) is 0 Å². The molecule has 0 aliphatic carbocycles. The summed E-state index contributed by atoms with van der Waals surface area (Å²) in [4.78, 5) is 0. The van der Waals surface area contributed by atoms with Gasteiger partial charge in [-0.05, 0) is 26.6 Å². The average molecular weight is 178 g/mol. The molecule has 1 unspecified atom stereocenters. The van der Waals surface area contributed by atoms with Gasteiger partial charge in [0.1, 0.15) is 0 Å². The summed E-state index contributed by atoms with van der Waals surface area (Å²) in [6.45, 7) is 3.08. The fourth-order valence-corrected chi connectivity index (χ4v) is 1.48. The lowest BCUT2D eigenvalue weighted by atomic mass is 10.0. The minimum atomic E-state index is 0.407. The van der Waals surface area contributed by atoms with Crippen LogP contribution >= 0.6 is 0 Å². The number of hydrogen-bond donors (Lipinski definition) is 2. The second kappa shape index (κ2) is 5.00. The van der Waals surface area contributed by atoms with Gasteiger partial charge in [0.2, 0.25) is 0 Å². The van der Waals surface area contributed by atoms with E-state index in [0.717, 1.165) is 6.54 Å². The lowest BCUT2D eigenvalue weighted by molar-refractivity contribution is 0.558. The van der Waals surface area contributed by atoms with Crippen molar-refractivity contribution in [3.05, 3.63) is 35.4 Å². The van der Waals surface area contributed by atoms with E-state index < -0.39 is 0 Å². The van der Waals surface area contributed by atoms with E-state index in [0.29, 0.717) is 6.04 Å². The van der Waals surface area contributed by atoms with Gasteiger partial charge in [-0.3, -0.25) is 0 Å². The fourth-order valence-electron chi connectivity index (χ4n) is 1.48. The Morgan fingerprint density at radius 3 is 2.62 bits per heavy atom. The van der Waals surface area contributed by atoms with E-state index in [1.165, 1.54) is 11.1 Å². The van der Waals surface area contributed by atoms with Gasteiger partial charge in [0.25, 0.3) is 0 Å². The van der Waals surface area contributed by atoms with Gasteiger partial charge in [-0.25, -0.2) is 0 Å². The lowest BCUT2D eigenvalue weighted by Crippen LogP contribution is -2.27. The number of nitrogens with one attached hydrogen (secondary N) is 2. The summed E-state index contributed by atoms with van der Waals surface area (Å²) >= 11 is 0. The maximum absolute atomic E-state index is 3.28. The van der Waals surface area contributed by atoms with Crippen molar-refractivity contribution < 1.29 is 0 Å². The van der Waals surface area contributed by atoms with Gasteiger partial charge in [0, 0.05) is 12.6 Å². The Morgan fingerprint density at radius 1 is 1.31 bits per heavy atom. The van der Waals surface area contributed by atoms with Crippen molar-refractivity contribution in [2.45, 2.75) is 13.0 Å². The summed E-state index contributed by atoms with van der Waals surface area (Å²) in [5, 5.41) is 6.46. The van der Waals surface area contributed by atoms with Crippen LogP contribution in [0.4, 0.5) is 0 Å². The molecule has 0 aromatic heterocycles. The van der Waals surface area contributed by atoms with Gasteiger partial charge in [-0.2, -0.15) is 0 Å². The molecule has 0 saturated heterocycles. The third-order valence-corrected chi connectivity index (χ3v) is 2.20. The first-order valence-corrected chi connectivity index (χ1v) is 4.66. The largest absolute Gasteiger partial charge is 0.318 e. The standard InChI is InChI=1S/C11H18N2/c1-9-5-4-6-10(7-9)11(13-3)8-12-2/h4-7,11-13H,8H2,1-3H3. The summed E-state index contributed by atoms with van der Waals surface area (Å²) in [6.07, 6.45) is 0. The molecule has 0 heterocycles. The quantitative estimate of drug-likeness (QED) is 0.729. The smallest absolute Gasteiger partial charge is 0.0444 e. The van der Waals surface area contributed by atoms with E-state index in [1.54, 1.807) is 0 Å². The van der Waals surface area contributed by atoms with E-state index >= 15 is 0 Å². The maximum Gasteiger partial charge on any atom is 0.0444 e. The molecule has 0 bridgehead atoms. The number of aryl methyl sites for hydroxylation is 1. The van der Waals surface area contributed by atoms with Crippen LogP contribution in [0.15, 0.2) is 24.3 Å². The first kappa shape index (κ1) is 10.2. The van der Waals surface area contributed by atoms with E-state index in [4.69, 9.17) is 0 Å². The first-order chi connectivity index (χ1) is 6.27. The Hall–Kier alpha value is -0.860. The molecule has 0 fully saturated rings. The fraction of sp³-hybridized carbons (Fsp3) is 0.455. The summed E-state index contributed by atoms with van der Waals surface area (Å²) in [7, 11) is 3.96. The van der Waals surface area contributed by atoms with Crippen molar-refractivity contribution in [1.29, 1.82) is 0 Å². The van der Waals surface area contributed by atoms with Crippen LogP contribution in [0.25, 0.3) is 0 Å². The molecule has 1 rings (SSSR count). The van der Waals surface area contributed by atoms with Crippen molar-refractivity contribution in [2.24, 2.45) is 0 Å². The predicted octanol–water partition coefficient (Wildman–Crippen LogP) is 1.47. The molecule has 0 radical (unpaired) electrons. The second-order valence-corrected chi connectivity index (χ2v) is 3.31. The highest BCUT2D eigenvalue weighted by molar-refractivity contribution is 5.25. The Kier molecular flexibility index (Phi) is 3.93. The molecule has 0 aliphatic rings. The normalized spacial score (nSPS) is 12.8. The summed E-state index contributed by atoms with van der Waals surface area (Å²) < 4.78 is 0. The zero-order valence-electron chi connectivity index (χ0n) is 8.59. The molecule has 0 aliphatic heterocycles. The minimum absolute atomic E-state index is 0.407. The Labute approximate surface area is 80.4 Å². The molecule has 0 saturated carbocycles. The van der Waals surface area contributed by atoms with Gasteiger partial charge in [0.05, 0.1) is 0 Å². The third kappa shape index (κ3) is 2.83. The van der Waals surface area contributed by atoms with Crippen LogP contribution in [-0.4, -0.2) is 20.6 Å². The monoisotopic (exact) mass is 178 g/mol. The molecule has 2 N–H and O–H groups in total. The summed E-state index contributed by atoms with van der Waals surface area (Å²) in [5.74, 6) is 0. The SMILES string of the molecule is CNCC(NC)c1cccc(C)c1. The first-order valence-electron chi connectivity index (χ1n) is 4.66. The zero-order chi connectivity index (χ0) is 9.68. The van der Waals surface area contributed by atoms with Crippen LogP contribution in [0.2, 0.25) is 0 Å². The van der Waals surface area contributed by atoms with E-state index in [1.807, 2.05) is 14.1 Å². The molecule has 1 aromatic carbocycles.